The molecule has 2 saturated heterocycles. The van der Waals surface area contributed by atoms with Crippen molar-refractivity contribution in [3.8, 4) is 6.07 Å². The first-order chi connectivity index (χ1) is 16.6. The lowest BCUT2D eigenvalue weighted by molar-refractivity contribution is -0.137. The van der Waals surface area contributed by atoms with E-state index in [1.165, 1.54) is 11.6 Å². The molecule has 1 unspecified atom stereocenters. The fourth-order valence-electron chi connectivity index (χ4n) is 5.46. The van der Waals surface area contributed by atoms with E-state index in [-0.39, 0.29) is 23.8 Å². The molecule has 0 radical (unpaired) electrons. The first-order valence-corrected chi connectivity index (χ1v) is 11.9. The molecule has 0 aliphatic carbocycles. The fourth-order valence-corrected chi connectivity index (χ4v) is 5.46. The van der Waals surface area contributed by atoms with Crippen LogP contribution >= 0.6 is 0 Å². The Morgan fingerprint density at radius 3 is 2.37 bits per heavy atom. The molecule has 1 atom stereocenters. The first kappa shape index (κ1) is 25.1. The van der Waals surface area contributed by atoms with Gasteiger partial charge in [0.05, 0.1) is 17.2 Å². The number of hydrogen-bond donors (Lipinski definition) is 1. The third-order valence-electron chi connectivity index (χ3n) is 7.70. The molecule has 0 saturated carbocycles. The minimum Gasteiger partial charge on any atom is -0.396 e. The lowest BCUT2D eigenvalue weighted by Crippen LogP contribution is -2.47. The number of nitrogens with zero attached hydrogens (tertiary/aromatic N) is 3. The van der Waals surface area contributed by atoms with Gasteiger partial charge in [0.2, 0.25) is 0 Å². The van der Waals surface area contributed by atoms with E-state index in [1.807, 2.05) is 34.1 Å². The summed E-state index contributed by atoms with van der Waals surface area (Å²) >= 11 is 0. The normalized spacial score (nSPS) is 19.9. The topological polar surface area (TPSA) is 67.6 Å². The van der Waals surface area contributed by atoms with Crippen LogP contribution in [0.1, 0.15) is 59.7 Å². The Morgan fingerprint density at radius 2 is 1.83 bits per heavy atom. The summed E-state index contributed by atoms with van der Waals surface area (Å²) in [6, 6.07) is 13.1. The number of aliphatic hydroxyl groups excluding tert-OH is 1. The van der Waals surface area contributed by atoms with E-state index in [2.05, 4.69) is 13.8 Å². The Kier molecular flexibility index (Phi) is 6.83. The Labute approximate surface area is 203 Å². The number of rotatable bonds is 4. The molecule has 0 aromatic heterocycles. The Balaban J connectivity index is 1.48. The van der Waals surface area contributed by atoms with Gasteiger partial charge in [-0.2, -0.15) is 18.4 Å². The van der Waals surface area contributed by atoms with Gasteiger partial charge in [-0.3, -0.25) is 4.79 Å². The van der Waals surface area contributed by atoms with Gasteiger partial charge in [0.25, 0.3) is 5.91 Å². The van der Waals surface area contributed by atoms with Gasteiger partial charge in [0.15, 0.2) is 0 Å². The second kappa shape index (κ2) is 9.54. The fraction of sp³-hybridized carbons (Fsp3) is 0.481. The van der Waals surface area contributed by atoms with Crippen molar-refractivity contribution in [2.24, 2.45) is 11.3 Å². The van der Waals surface area contributed by atoms with Crippen LogP contribution in [0.2, 0.25) is 0 Å². The van der Waals surface area contributed by atoms with Crippen molar-refractivity contribution in [1.29, 1.82) is 5.26 Å². The zero-order chi connectivity index (χ0) is 25.4. The van der Waals surface area contributed by atoms with Gasteiger partial charge in [-0.25, -0.2) is 0 Å². The average Bonchev–Trinajstić information content (AvgIpc) is 3.21. The summed E-state index contributed by atoms with van der Waals surface area (Å²) in [5.74, 6) is 0.264. The van der Waals surface area contributed by atoms with E-state index in [0.717, 1.165) is 6.07 Å². The predicted octanol–water partition coefficient (Wildman–Crippen LogP) is 5.05. The summed E-state index contributed by atoms with van der Waals surface area (Å²) in [5, 5.41) is 19.2. The Hall–Kier alpha value is -3.05. The van der Waals surface area contributed by atoms with Crippen LogP contribution in [0.25, 0.3) is 0 Å². The summed E-state index contributed by atoms with van der Waals surface area (Å²) in [7, 11) is 0. The summed E-state index contributed by atoms with van der Waals surface area (Å²) in [4.78, 5) is 16.8. The van der Waals surface area contributed by atoms with Crippen LogP contribution in [0, 0.1) is 22.7 Å². The van der Waals surface area contributed by atoms with Gasteiger partial charge in [-0.05, 0) is 60.1 Å². The molecule has 2 heterocycles. The monoisotopic (exact) mass is 485 g/mol. The summed E-state index contributed by atoms with van der Waals surface area (Å²) in [6.45, 7) is 6.16. The van der Waals surface area contributed by atoms with E-state index in [1.54, 1.807) is 12.1 Å². The van der Waals surface area contributed by atoms with Gasteiger partial charge in [0, 0.05) is 50.0 Å². The number of carbonyl (C=O) groups is 1. The first-order valence-electron chi connectivity index (χ1n) is 11.9. The van der Waals surface area contributed by atoms with Crippen molar-refractivity contribution in [2.45, 2.75) is 38.8 Å². The van der Waals surface area contributed by atoms with Crippen molar-refractivity contribution in [3.63, 3.8) is 0 Å². The number of benzene rings is 2. The number of alkyl halides is 3. The molecule has 1 spiro atoms. The van der Waals surface area contributed by atoms with Crippen LogP contribution in [-0.4, -0.2) is 48.7 Å². The molecule has 186 valence electrons. The summed E-state index contributed by atoms with van der Waals surface area (Å²) in [6.07, 6.45) is -3.27. The molecule has 1 N–H and O–H groups in total. The number of aliphatic hydroxyl groups is 1. The molecule has 2 aliphatic heterocycles. The van der Waals surface area contributed by atoms with Crippen molar-refractivity contribution >= 4 is 11.6 Å². The van der Waals surface area contributed by atoms with Crippen molar-refractivity contribution < 1.29 is 23.1 Å². The molecule has 2 aromatic rings. The largest absolute Gasteiger partial charge is 0.417 e. The van der Waals surface area contributed by atoms with Crippen molar-refractivity contribution in [1.82, 2.24) is 4.90 Å². The van der Waals surface area contributed by atoms with Crippen molar-refractivity contribution in [2.75, 3.05) is 37.7 Å². The molecule has 0 bridgehead atoms. The molecule has 35 heavy (non-hydrogen) atoms. The van der Waals surface area contributed by atoms with E-state index in [9.17, 15) is 23.1 Å². The number of carbonyl (C=O) groups excluding carboxylic acids is 1. The van der Waals surface area contributed by atoms with E-state index >= 15 is 0 Å². The van der Waals surface area contributed by atoms with Crippen LogP contribution in [0.5, 0.6) is 0 Å². The zero-order valence-electron chi connectivity index (χ0n) is 20.0. The van der Waals surface area contributed by atoms with Crippen LogP contribution in [0.4, 0.5) is 18.9 Å². The maximum Gasteiger partial charge on any atom is 0.417 e. The van der Waals surface area contributed by atoms with Crippen LogP contribution in [-0.2, 0) is 6.18 Å². The number of hydrogen-bond acceptors (Lipinski definition) is 4. The molecule has 4 rings (SSSR count). The molecule has 2 aromatic carbocycles. The predicted molar refractivity (Wildman–Crippen MR) is 127 cm³/mol. The van der Waals surface area contributed by atoms with Crippen LogP contribution < -0.4 is 4.90 Å². The standard InChI is InChI=1S/C27H30F3N3O2/c1-18(2)19-3-5-20(6-4-19)25(35)32-11-9-26(10-12-32)17-33(15-22(26)16-34)23-8-7-21(14-31)24(13-23)27(28,29)30/h3-8,13,18,22,34H,9-12,15-17H2,1-2H3. The number of anilines is 1. The van der Waals surface area contributed by atoms with Gasteiger partial charge in [-0.15, -0.1) is 0 Å². The summed E-state index contributed by atoms with van der Waals surface area (Å²) in [5.41, 5.74) is 0.599. The number of nitriles is 1. The van der Waals surface area contributed by atoms with Gasteiger partial charge >= 0.3 is 6.18 Å². The maximum atomic E-state index is 13.5. The highest BCUT2D eigenvalue weighted by atomic mass is 19.4. The third kappa shape index (κ3) is 4.87. The maximum absolute atomic E-state index is 13.5. The molecule has 8 heteroatoms. The zero-order valence-corrected chi connectivity index (χ0v) is 20.0. The van der Waals surface area contributed by atoms with E-state index in [0.29, 0.717) is 56.2 Å². The Bertz CT molecular complexity index is 1110. The van der Waals surface area contributed by atoms with Crippen molar-refractivity contribution in [3.05, 3.63) is 64.7 Å². The number of likely N-dealkylation sites (tertiary alicyclic amines) is 1. The van der Waals surface area contributed by atoms with E-state index in [4.69, 9.17) is 5.26 Å². The second-order valence-electron chi connectivity index (χ2n) is 10.0. The minimum absolute atomic E-state index is 0.0209. The highest BCUT2D eigenvalue weighted by Gasteiger charge is 2.48. The lowest BCUT2D eigenvalue weighted by Gasteiger charge is -2.42. The highest BCUT2D eigenvalue weighted by molar-refractivity contribution is 5.94. The quantitative estimate of drug-likeness (QED) is 0.658. The van der Waals surface area contributed by atoms with Crippen LogP contribution in [0.15, 0.2) is 42.5 Å². The molecular weight excluding hydrogens is 455 g/mol. The molecule has 2 fully saturated rings. The molecule has 2 aliphatic rings. The van der Waals surface area contributed by atoms with Gasteiger partial charge < -0.3 is 14.9 Å². The number of halogens is 3. The molecule has 1 amide bonds. The third-order valence-corrected chi connectivity index (χ3v) is 7.70. The average molecular weight is 486 g/mol. The highest BCUT2D eigenvalue weighted by Crippen LogP contribution is 2.46. The Morgan fingerprint density at radius 1 is 1.17 bits per heavy atom. The smallest absolute Gasteiger partial charge is 0.396 e. The molecule has 5 nitrogen and oxygen atoms in total. The SMILES string of the molecule is CC(C)c1ccc(C(=O)N2CCC3(CC2)CN(c2ccc(C#N)c(C(F)(F)F)c2)CC3CO)cc1. The minimum atomic E-state index is -4.62. The van der Waals surface area contributed by atoms with E-state index < -0.39 is 17.3 Å². The number of amides is 1. The second-order valence-corrected chi connectivity index (χ2v) is 10.0. The van der Waals surface area contributed by atoms with Gasteiger partial charge in [0.1, 0.15) is 0 Å². The number of piperidine rings is 1. The summed E-state index contributed by atoms with van der Waals surface area (Å²) < 4.78 is 40.4. The molecular formula is C27H30F3N3O2. The van der Waals surface area contributed by atoms with Gasteiger partial charge in [-0.1, -0.05) is 26.0 Å². The van der Waals surface area contributed by atoms with Crippen LogP contribution in [0.3, 0.4) is 0 Å². The lowest BCUT2D eigenvalue weighted by atomic mass is 9.71.